The number of hydrogen-bond acceptors (Lipinski definition) is 4. The van der Waals surface area contributed by atoms with Gasteiger partial charge in [-0.3, -0.25) is 9.59 Å². The Morgan fingerprint density at radius 2 is 1.62 bits per heavy atom. The molecule has 178 valence electrons. The smallest absolute Gasteiger partial charge is 0.407 e. The molecule has 3 aliphatic carbocycles. The van der Waals surface area contributed by atoms with Crippen molar-refractivity contribution in [3.63, 3.8) is 0 Å². The van der Waals surface area contributed by atoms with Crippen molar-refractivity contribution in [3.05, 3.63) is 59.7 Å². The van der Waals surface area contributed by atoms with Crippen LogP contribution in [0.1, 0.15) is 49.1 Å². The molecule has 0 heterocycles. The fraction of sp³-hybridized carbons (Fsp3) is 0.444. The third-order valence-electron chi connectivity index (χ3n) is 7.71. The number of carboxylic acid groups (broad SMARTS) is 1. The number of alkyl carbamates (subject to hydrolysis) is 1. The monoisotopic (exact) mass is 462 g/mol. The lowest BCUT2D eigenvalue weighted by Crippen LogP contribution is -2.50. The Hall–Kier alpha value is -3.35. The molecule has 34 heavy (non-hydrogen) atoms. The normalized spacial score (nSPS) is 24.4. The van der Waals surface area contributed by atoms with Crippen LogP contribution in [-0.4, -0.2) is 42.3 Å². The highest BCUT2D eigenvalue weighted by Gasteiger charge is 2.50. The zero-order valence-corrected chi connectivity index (χ0v) is 19.0. The van der Waals surface area contributed by atoms with Gasteiger partial charge < -0.3 is 20.5 Å². The van der Waals surface area contributed by atoms with Crippen LogP contribution in [0.5, 0.6) is 0 Å². The molecular formula is C27H30N2O5. The highest BCUT2D eigenvalue weighted by atomic mass is 16.5. The molecule has 2 saturated carbocycles. The van der Waals surface area contributed by atoms with Gasteiger partial charge in [-0.2, -0.15) is 0 Å². The van der Waals surface area contributed by atoms with Gasteiger partial charge >= 0.3 is 12.1 Å². The quantitative estimate of drug-likeness (QED) is 0.516. The van der Waals surface area contributed by atoms with Crippen molar-refractivity contribution in [2.24, 2.45) is 17.8 Å². The minimum absolute atomic E-state index is 0.000297. The summed E-state index contributed by atoms with van der Waals surface area (Å²) in [4.78, 5) is 35.6. The maximum atomic E-state index is 12.6. The molecule has 0 radical (unpaired) electrons. The summed E-state index contributed by atoms with van der Waals surface area (Å²) in [6, 6.07) is 16.6. The molecule has 3 N–H and O–H groups in total. The number of rotatable bonds is 8. The van der Waals surface area contributed by atoms with Crippen molar-refractivity contribution in [3.8, 4) is 11.1 Å². The van der Waals surface area contributed by atoms with E-state index >= 15 is 0 Å². The van der Waals surface area contributed by atoms with E-state index in [4.69, 9.17) is 9.84 Å². The zero-order valence-electron chi connectivity index (χ0n) is 19.0. The largest absolute Gasteiger partial charge is 0.481 e. The van der Waals surface area contributed by atoms with Gasteiger partial charge in [-0.1, -0.05) is 48.5 Å². The van der Waals surface area contributed by atoms with Crippen molar-refractivity contribution < 1.29 is 24.2 Å². The van der Waals surface area contributed by atoms with Gasteiger partial charge in [0.15, 0.2) is 0 Å². The molecule has 0 saturated heterocycles. The number of carbonyl (C=O) groups excluding carboxylic acids is 2. The Kier molecular flexibility index (Phi) is 6.26. The second kappa shape index (κ2) is 9.49. The Morgan fingerprint density at radius 1 is 0.941 bits per heavy atom. The highest BCUT2D eigenvalue weighted by Crippen LogP contribution is 2.50. The Balaban J connectivity index is 1.10. The van der Waals surface area contributed by atoms with E-state index < -0.39 is 12.1 Å². The lowest BCUT2D eigenvalue weighted by atomic mass is 9.71. The fourth-order valence-corrected chi connectivity index (χ4v) is 5.99. The SMILES string of the molecule is O=C(O)CCCNC(=O)C1C[C@@H]2C[C@H](NC(=O)OCC3c4ccccc4-c4ccccc43)[C@@H]2C1. The molecule has 2 amide bonds. The van der Waals surface area contributed by atoms with E-state index in [1.165, 1.54) is 22.3 Å². The highest BCUT2D eigenvalue weighted by molar-refractivity contribution is 5.80. The van der Waals surface area contributed by atoms with Crippen LogP contribution in [0, 0.1) is 17.8 Å². The van der Waals surface area contributed by atoms with E-state index in [1.807, 2.05) is 24.3 Å². The van der Waals surface area contributed by atoms with Crippen molar-refractivity contribution in [1.29, 1.82) is 0 Å². The van der Waals surface area contributed by atoms with Crippen molar-refractivity contribution in [1.82, 2.24) is 10.6 Å². The number of benzene rings is 2. The number of fused-ring (bicyclic) bond motifs is 4. The van der Waals surface area contributed by atoms with Crippen LogP contribution in [0.3, 0.4) is 0 Å². The standard InChI is InChI=1S/C27H30N2O5/c30-25(31)10-5-11-28-26(32)17-12-16-14-24(22(16)13-17)29-27(33)34-15-23-20-8-3-1-6-18(20)19-7-2-4-9-21(19)23/h1-4,6-9,16-17,22-24H,5,10-15H2,(H,28,32)(H,29,33)(H,30,31)/t16-,17?,22-,24+/m1/s1. The molecule has 2 aromatic carbocycles. The fourth-order valence-electron chi connectivity index (χ4n) is 5.99. The summed E-state index contributed by atoms with van der Waals surface area (Å²) in [5.74, 6) is -0.124. The number of aliphatic carboxylic acids is 1. The summed E-state index contributed by atoms with van der Waals surface area (Å²) in [5.41, 5.74) is 4.78. The van der Waals surface area contributed by atoms with Gasteiger partial charge in [0.1, 0.15) is 6.61 Å². The summed E-state index contributed by atoms with van der Waals surface area (Å²) in [7, 11) is 0. The molecule has 0 aliphatic heterocycles. The van der Waals surface area contributed by atoms with E-state index in [9.17, 15) is 14.4 Å². The molecular weight excluding hydrogens is 432 g/mol. The van der Waals surface area contributed by atoms with Crippen LogP contribution < -0.4 is 10.6 Å². The molecule has 1 unspecified atom stereocenters. The van der Waals surface area contributed by atoms with E-state index in [2.05, 4.69) is 34.9 Å². The molecule has 7 heteroatoms. The van der Waals surface area contributed by atoms with Crippen LogP contribution in [0.15, 0.2) is 48.5 Å². The zero-order chi connectivity index (χ0) is 23.7. The molecule has 0 bridgehead atoms. The molecule has 5 rings (SSSR count). The number of hydrogen-bond donors (Lipinski definition) is 3. The maximum Gasteiger partial charge on any atom is 0.407 e. The van der Waals surface area contributed by atoms with Gasteiger partial charge in [-0.15, -0.1) is 0 Å². The topological polar surface area (TPSA) is 105 Å². The predicted octanol–water partition coefficient (Wildman–Crippen LogP) is 3.92. The summed E-state index contributed by atoms with van der Waals surface area (Å²) in [6.07, 6.45) is 2.56. The Bertz CT molecular complexity index is 1050. The first kappa shape index (κ1) is 22.4. The first-order valence-electron chi connectivity index (χ1n) is 12.1. The Labute approximate surface area is 198 Å². The average Bonchev–Trinajstić information content (AvgIpc) is 3.34. The summed E-state index contributed by atoms with van der Waals surface area (Å²) in [5, 5.41) is 14.6. The first-order valence-corrected chi connectivity index (χ1v) is 12.1. The third kappa shape index (κ3) is 4.39. The number of nitrogens with one attached hydrogen (secondary N) is 2. The van der Waals surface area contributed by atoms with Crippen LogP contribution in [0.25, 0.3) is 11.1 Å². The van der Waals surface area contributed by atoms with Crippen LogP contribution >= 0.6 is 0 Å². The van der Waals surface area contributed by atoms with Crippen LogP contribution in [0.2, 0.25) is 0 Å². The number of carbonyl (C=O) groups is 3. The molecule has 0 spiro atoms. The van der Waals surface area contributed by atoms with E-state index in [0.29, 0.717) is 31.4 Å². The van der Waals surface area contributed by atoms with Gasteiger partial charge in [0.2, 0.25) is 5.91 Å². The average molecular weight is 463 g/mol. The van der Waals surface area contributed by atoms with Gasteiger partial charge in [0, 0.05) is 30.8 Å². The Morgan fingerprint density at radius 3 is 2.29 bits per heavy atom. The van der Waals surface area contributed by atoms with Gasteiger partial charge in [0.25, 0.3) is 0 Å². The first-order chi connectivity index (χ1) is 16.5. The predicted molar refractivity (Wildman–Crippen MR) is 126 cm³/mol. The van der Waals surface area contributed by atoms with Gasteiger partial charge in [-0.05, 0) is 59.8 Å². The second-order valence-corrected chi connectivity index (χ2v) is 9.69. The van der Waals surface area contributed by atoms with Gasteiger partial charge in [0.05, 0.1) is 0 Å². The number of ether oxygens (including phenoxy) is 1. The molecule has 4 atom stereocenters. The molecule has 2 fully saturated rings. The van der Waals surface area contributed by atoms with Crippen molar-refractivity contribution in [2.45, 2.75) is 44.1 Å². The van der Waals surface area contributed by atoms with Crippen molar-refractivity contribution in [2.75, 3.05) is 13.2 Å². The lowest BCUT2D eigenvalue weighted by molar-refractivity contribution is -0.137. The molecule has 2 aromatic rings. The van der Waals surface area contributed by atoms with Crippen LogP contribution in [-0.2, 0) is 14.3 Å². The number of carboxylic acids is 1. The minimum atomic E-state index is -0.852. The third-order valence-corrected chi connectivity index (χ3v) is 7.71. The van der Waals surface area contributed by atoms with Crippen molar-refractivity contribution >= 4 is 18.0 Å². The maximum absolute atomic E-state index is 12.6. The summed E-state index contributed by atoms with van der Waals surface area (Å²) in [6.45, 7) is 0.681. The van der Waals surface area contributed by atoms with Crippen LogP contribution in [0.4, 0.5) is 4.79 Å². The van der Waals surface area contributed by atoms with Gasteiger partial charge in [-0.25, -0.2) is 4.79 Å². The van der Waals surface area contributed by atoms with E-state index in [0.717, 1.165) is 19.3 Å². The van der Waals surface area contributed by atoms with E-state index in [1.54, 1.807) is 0 Å². The lowest BCUT2D eigenvalue weighted by Gasteiger charge is -2.40. The number of amides is 2. The summed E-state index contributed by atoms with van der Waals surface area (Å²) >= 11 is 0. The molecule has 7 nitrogen and oxygen atoms in total. The molecule has 0 aromatic heterocycles. The minimum Gasteiger partial charge on any atom is -0.481 e. The summed E-state index contributed by atoms with van der Waals surface area (Å²) < 4.78 is 5.68. The van der Waals surface area contributed by atoms with E-state index in [-0.39, 0.29) is 30.2 Å². The second-order valence-electron chi connectivity index (χ2n) is 9.69. The molecule has 3 aliphatic rings.